The Labute approximate surface area is 87.3 Å². The summed E-state index contributed by atoms with van der Waals surface area (Å²) in [6.07, 6.45) is 3.12. The van der Waals surface area contributed by atoms with Gasteiger partial charge in [-0.25, -0.2) is 0 Å². The molecule has 1 unspecified atom stereocenters. The van der Waals surface area contributed by atoms with Gasteiger partial charge in [0, 0.05) is 24.7 Å². The monoisotopic (exact) mass is 205 g/mol. The molecular formula is C11H11NO3. The third kappa shape index (κ3) is 2.40. The van der Waals surface area contributed by atoms with Crippen molar-refractivity contribution in [3.63, 3.8) is 0 Å². The van der Waals surface area contributed by atoms with Crippen LogP contribution < -0.4 is 0 Å². The number of hydrogen-bond acceptors (Lipinski definition) is 4. The smallest absolute Gasteiger partial charge is 0.316 e. The molecule has 4 nitrogen and oxygen atoms in total. The molecule has 15 heavy (non-hydrogen) atoms. The zero-order valence-electron chi connectivity index (χ0n) is 8.18. The summed E-state index contributed by atoms with van der Waals surface area (Å²) in [6, 6.07) is 5.57. The highest BCUT2D eigenvalue weighted by Crippen LogP contribution is 2.19. The molecule has 0 aliphatic carbocycles. The van der Waals surface area contributed by atoms with E-state index in [0.717, 1.165) is 5.69 Å². The van der Waals surface area contributed by atoms with Gasteiger partial charge in [-0.15, -0.1) is 0 Å². The second-order valence-electron chi connectivity index (χ2n) is 3.55. The van der Waals surface area contributed by atoms with E-state index in [9.17, 15) is 9.59 Å². The average Bonchev–Trinajstić information content (AvgIpc) is 2.24. The van der Waals surface area contributed by atoms with Crippen molar-refractivity contribution in [1.29, 1.82) is 0 Å². The Morgan fingerprint density at radius 1 is 1.40 bits per heavy atom. The summed E-state index contributed by atoms with van der Waals surface area (Å²) in [4.78, 5) is 26.3. The van der Waals surface area contributed by atoms with Crippen molar-refractivity contribution in [3.05, 3.63) is 30.1 Å². The van der Waals surface area contributed by atoms with E-state index in [1.165, 1.54) is 0 Å². The molecule has 1 saturated heterocycles. The van der Waals surface area contributed by atoms with Crippen LogP contribution in [0.5, 0.6) is 0 Å². The van der Waals surface area contributed by atoms with Crippen LogP contribution in [0.4, 0.5) is 0 Å². The normalized spacial score (nSPS) is 21.2. The average molecular weight is 205 g/mol. The molecule has 0 amide bonds. The molecule has 1 fully saturated rings. The largest absolute Gasteiger partial charge is 0.393 e. The Kier molecular flexibility index (Phi) is 2.76. The lowest BCUT2D eigenvalue weighted by molar-refractivity contribution is -0.167. The molecular weight excluding hydrogens is 194 g/mol. The topological polar surface area (TPSA) is 56.3 Å². The first-order valence-corrected chi connectivity index (χ1v) is 4.90. The van der Waals surface area contributed by atoms with Gasteiger partial charge < -0.3 is 4.74 Å². The van der Waals surface area contributed by atoms with Gasteiger partial charge >= 0.3 is 11.9 Å². The van der Waals surface area contributed by atoms with E-state index < -0.39 is 11.9 Å². The minimum atomic E-state index is -0.420. The van der Waals surface area contributed by atoms with Crippen LogP contribution in [0.15, 0.2) is 24.4 Å². The number of esters is 2. The number of nitrogens with zero attached hydrogens (tertiary/aromatic N) is 1. The third-order valence-electron chi connectivity index (χ3n) is 2.43. The number of rotatable bonds is 2. The molecule has 2 heterocycles. The third-order valence-corrected chi connectivity index (χ3v) is 2.43. The second-order valence-corrected chi connectivity index (χ2v) is 3.55. The predicted octanol–water partition coefficient (Wildman–Crippen LogP) is 1.10. The Balaban J connectivity index is 2.01. The highest BCUT2D eigenvalue weighted by molar-refractivity contribution is 5.89. The molecule has 1 aliphatic heterocycles. The van der Waals surface area contributed by atoms with Gasteiger partial charge in [-0.05, 0) is 18.6 Å². The summed E-state index contributed by atoms with van der Waals surface area (Å²) in [5.74, 6) is -1.06. The molecule has 0 N–H and O–H groups in total. The molecule has 0 bridgehead atoms. The zero-order chi connectivity index (χ0) is 10.7. The van der Waals surface area contributed by atoms with Crippen LogP contribution in [0.2, 0.25) is 0 Å². The minimum Gasteiger partial charge on any atom is -0.393 e. The van der Waals surface area contributed by atoms with Crippen LogP contribution in [0, 0.1) is 5.92 Å². The van der Waals surface area contributed by atoms with Gasteiger partial charge in [0.2, 0.25) is 0 Å². The molecule has 1 aromatic heterocycles. The molecule has 0 spiro atoms. The summed E-state index contributed by atoms with van der Waals surface area (Å²) in [6.45, 7) is 0. The maximum absolute atomic E-state index is 11.3. The van der Waals surface area contributed by atoms with E-state index in [1.54, 1.807) is 6.20 Å². The van der Waals surface area contributed by atoms with Crippen LogP contribution >= 0.6 is 0 Å². The summed E-state index contributed by atoms with van der Waals surface area (Å²) in [7, 11) is 0. The lowest BCUT2D eigenvalue weighted by Gasteiger charge is -2.18. The molecule has 1 atom stereocenters. The Morgan fingerprint density at radius 2 is 2.27 bits per heavy atom. The van der Waals surface area contributed by atoms with Gasteiger partial charge in [0.25, 0.3) is 0 Å². The van der Waals surface area contributed by atoms with Gasteiger partial charge in [0.1, 0.15) is 0 Å². The van der Waals surface area contributed by atoms with Gasteiger partial charge in [0.15, 0.2) is 0 Å². The fraction of sp³-hybridized carbons (Fsp3) is 0.364. The van der Waals surface area contributed by atoms with Crippen molar-refractivity contribution in [2.75, 3.05) is 0 Å². The lowest BCUT2D eigenvalue weighted by Crippen LogP contribution is -2.29. The number of hydrogen-bond donors (Lipinski definition) is 0. The van der Waals surface area contributed by atoms with Gasteiger partial charge in [-0.3, -0.25) is 14.6 Å². The molecule has 78 valence electrons. The SMILES string of the molecule is O=C1CCC(Cc2ccccn2)C(=O)O1. The van der Waals surface area contributed by atoms with Crippen LogP contribution in [0.25, 0.3) is 0 Å². The summed E-state index contributed by atoms with van der Waals surface area (Å²) >= 11 is 0. The maximum Gasteiger partial charge on any atom is 0.316 e. The Bertz CT molecular complexity index is 375. The zero-order valence-corrected chi connectivity index (χ0v) is 8.18. The van der Waals surface area contributed by atoms with E-state index in [1.807, 2.05) is 18.2 Å². The molecule has 0 saturated carbocycles. The van der Waals surface area contributed by atoms with E-state index in [-0.39, 0.29) is 5.92 Å². The van der Waals surface area contributed by atoms with Crippen molar-refractivity contribution >= 4 is 11.9 Å². The van der Waals surface area contributed by atoms with Gasteiger partial charge in [-0.2, -0.15) is 0 Å². The number of pyridine rings is 1. The number of aromatic nitrogens is 1. The van der Waals surface area contributed by atoms with E-state index in [4.69, 9.17) is 0 Å². The summed E-state index contributed by atoms with van der Waals surface area (Å²) < 4.78 is 4.57. The van der Waals surface area contributed by atoms with Crippen LogP contribution in [-0.4, -0.2) is 16.9 Å². The first-order chi connectivity index (χ1) is 7.25. The first-order valence-electron chi connectivity index (χ1n) is 4.90. The molecule has 0 radical (unpaired) electrons. The number of cyclic esters (lactones) is 2. The predicted molar refractivity (Wildman–Crippen MR) is 51.8 cm³/mol. The summed E-state index contributed by atoms with van der Waals surface area (Å²) in [5, 5.41) is 0. The van der Waals surface area contributed by atoms with Crippen molar-refractivity contribution in [1.82, 2.24) is 4.98 Å². The molecule has 1 aromatic rings. The second kappa shape index (κ2) is 4.21. The van der Waals surface area contributed by atoms with Crippen molar-refractivity contribution in [2.45, 2.75) is 19.3 Å². The minimum absolute atomic E-state index is 0.224. The Hall–Kier alpha value is -1.71. The molecule has 2 rings (SSSR count). The number of ether oxygens (including phenoxy) is 1. The summed E-state index contributed by atoms with van der Waals surface area (Å²) in [5.41, 5.74) is 0.855. The van der Waals surface area contributed by atoms with Crippen molar-refractivity contribution < 1.29 is 14.3 Å². The molecule has 0 aromatic carbocycles. The van der Waals surface area contributed by atoms with E-state index in [2.05, 4.69) is 9.72 Å². The van der Waals surface area contributed by atoms with Crippen molar-refractivity contribution in [2.24, 2.45) is 5.92 Å². The van der Waals surface area contributed by atoms with Gasteiger partial charge in [-0.1, -0.05) is 6.07 Å². The standard InChI is InChI=1S/C11H11NO3/c13-10-5-4-8(11(14)15-10)7-9-3-1-2-6-12-9/h1-3,6,8H,4-5,7H2. The lowest BCUT2D eigenvalue weighted by atomic mass is 9.95. The Morgan fingerprint density at radius 3 is 2.93 bits per heavy atom. The quantitative estimate of drug-likeness (QED) is 0.536. The molecule has 1 aliphatic rings. The van der Waals surface area contributed by atoms with Gasteiger partial charge in [0.05, 0.1) is 5.92 Å². The molecule has 4 heteroatoms. The van der Waals surface area contributed by atoms with E-state index >= 15 is 0 Å². The number of carbonyl (C=O) groups excluding carboxylic acids is 2. The highest BCUT2D eigenvalue weighted by atomic mass is 16.6. The fourth-order valence-electron chi connectivity index (χ4n) is 1.61. The number of carbonyl (C=O) groups is 2. The highest BCUT2D eigenvalue weighted by Gasteiger charge is 2.29. The van der Waals surface area contributed by atoms with Crippen molar-refractivity contribution in [3.8, 4) is 0 Å². The first kappa shape index (κ1) is 9.83. The fourth-order valence-corrected chi connectivity index (χ4v) is 1.61. The van der Waals surface area contributed by atoms with Crippen LogP contribution in [0.1, 0.15) is 18.5 Å². The maximum atomic E-state index is 11.3. The van der Waals surface area contributed by atoms with Crippen LogP contribution in [0.3, 0.4) is 0 Å². The van der Waals surface area contributed by atoms with E-state index in [0.29, 0.717) is 19.3 Å². The van der Waals surface area contributed by atoms with Crippen LogP contribution in [-0.2, 0) is 20.7 Å².